The second kappa shape index (κ2) is 16.3. The van der Waals surface area contributed by atoms with Gasteiger partial charge in [-0.25, -0.2) is 36.1 Å². The molecule has 0 aliphatic heterocycles. The summed E-state index contributed by atoms with van der Waals surface area (Å²) in [5.41, 5.74) is 3.16. The average Bonchev–Trinajstić information content (AvgIpc) is 3.18. The Morgan fingerprint density at radius 3 is 1.46 bits per heavy atom. The molecule has 2 radical (unpaired) electrons. The van der Waals surface area contributed by atoms with Crippen molar-refractivity contribution < 1.29 is 23.3 Å². The van der Waals surface area contributed by atoms with E-state index in [4.69, 9.17) is 0 Å². The van der Waals surface area contributed by atoms with Crippen molar-refractivity contribution in [2.75, 3.05) is 0 Å². The monoisotopic (exact) mass is 416 g/mol. The van der Waals surface area contributed by atoms with Crippen LogP contribution >= 0.6 is 0 Å². The third-order valence-electron chi connectivity index (χ3n) is 4.42. The normalized spacial score (nSPS) is 23.5. The predicted molar refractivity (Wildman–Crippen MR) is 109 cm³/mol. The SMILES string of the molecule is C1=CCC2CC[CH-]C2=C1.C1=CCC2CC[CH-]C2=C1.[CH3-].[CH3-].[CH3-].[CH3-].[Si]=[Zr]. The van der Waals surface area contributed by atoms with Crippen molar-refractivity contribution >= 4 is 6.88 Å². The van der Waals surface area contributed by atoms with Gasteiger partial charge in [-0.15, -0.1) is 37.1 Å². The van der Waals surface area contributed by atoms with Gasteiger partial charge < -0.3 is 29.7 Å². The molecule has 136 valence electrons. The first-order valence-corrected chi connectivity index (χ1v) is 11.8. The standard InChI is InChI=1S/2C9H11.4CH3.Si.Zr/c2*1-2-5-9-7-3-6-8(9)4-1;;;;;;/h2*1-2,4,6,9H,3,5,7H2;4*1H3;;/q6*-1;;. The van der Waals surface area contributed by atoms with E-state index >= 15 is 0 Å². The van der Waals surface area contributed by atoms with E-state index < -0.39 is 0 Å². The van der Waals surface area contributed by atoms with Crippen LogP contribution in [0.4, 0.5) is 0 Å². The summed E-state index contributed by atoms with van der Waals surface area (Å²) in [6, 6.07) is 0. The van der Waals surface area contributed by atoms with Gasteiger partial charge in [0.2, 0.25) is 0 Å². The van der Waals surface area contributed by atoms with E-state index in [0.717, 1.165) is 11.8 Å². The number of hydrogen-bond donors (Lipinski definition) is 0. The van der Waals surface area contributed by atoms with Gasteiger partial charge in [-0.1, -0.05) is 12.8 Å². The molecule has 0 aromatic rings. The molecular formula is C22H34SiZr-6. The number of fused-ring (bicyclic) bond motifs is 2. The van der Waals surface area contributed by atoms with E-state index in [2.05, 4.69) is 56.2 Å². The van der Waals surface area contributed by atoms with Crippen LogP contribution in [0.5, 0.6) is 0 Å². The molecule has 0 amide bonds. The molecule has 0 N–H and O–H groups in total. The Kier molecular flexibility index (Phi) is 19.4. The van der Waals surface area contributed by atoms with E-state index in [-0.39, 0.29) is 29.7 Å². The molecule has 0 saturated heterocycles. The molecule has 0 aromatic heterocycles. The first-order chi connectivity index (χ1) is 9.93. The molecule has 2 unspecified atom stereocenters. The van der Waals surface area contributed by atoms with E-state index in [1.54, 1.807) is 11.1 Å². The van der Waals surface area contributed by atoms with Crippen LogP contribution in [-0.2, 0) is 23.3 Å². The second-order valence-electron chi connectivity index (χ2n) is 5.62. The molecule has 0 heterocycles. The minimum absolute atomic E-state index is 0. The van der Waals surface area contributed by atoms with Crippen molar-refractivity contribution in [3.63, 3.8) is 0 Å². The van der Waals surface area contributed by atoms with Crippen molar-refractivity contribution in [2.45, 2.75) is 38.5 Å². The fourth-order valence-corrected chi connectivity index (χ4v) is 3.33. The molecule has 0 bridgehead atoms. The molecule has 2 atom stereocenters. The molecule has 0 aromatic carbocycles. The van der Waals surface area contributed by atoms with E-state index in [0.29, 0.717) is 0 Å². The fourth-order valence-electron chi connectivity index (χ4n) is 3.33. The third kappa shape index (κ3) is 8.26. The van der Waals surface area contributed by atoms with Crippen molar-refractivity contribution in [1.29, 1.82) is 0 Å². The molecule has 2 fully saturated rings. The molecule has 2 saturated carbocycles. The Balaban J connectivity index is -0.000000290. The first kappa shape index (κ1) is 28.6. The van der Waals surface area contributed by atoms with Crippen LogP contribution in [0.1, 0.15) is 38.5 Å². The molecule has 4 rings (SSSR count). The van der Waals surface area contributed by atoms with Gasteiger partial charge in [0.05, 0.1) is 0 Å². The molecule has 4 aliphatic rings. The number of hydrogen-bond acceptors (Lipinski definition) is 0. The van der Waals surface area contributed by atoms with Crippen LogP contribution in [0.2, 0.25) is 0 Å². The van der Waals surface area contributed by atoms with Crippen LogP contribution in [-0.4, -0.2) is 6.88 Å². The Hall–Kier alpha value is -0.200. The van der Waals surface area contributed by atoms with E-state index in [9.17, 15) is 0 Å². The van der Waals surface area contributed by atoms with Crippen LogP contribution in [0.25, 0.3) is 0 Å². The van der Waals surface area contributed by atoms with Gasteiger partial charge in [0.1, 0.15) is 0 Å². The van der Waals surface area contributed by atoms with Crippen LogP contribution < -0.4 is 0 Å². The quantitative estimate of drug-likeness (QED) is 0.316. The van der Waals surface area contributed by atoms with Gasteiger partial charge in [-0.05, 0) is 24.7 Å². The maximum absolute atomic E-state index is 3.06. The van der Waals surface area contributed by atoms with Crippen LogP contribution in [0.15, 0.2) is 47.6 Å². The van der Waals surface area contributed by atoms with Crippen molar-refractivity contribution in [3.8, 4) is 0 Å². The zero-order chi connectivity index (χ0) is 14.2. The molecule has 2 heteroatoms. The zero-order valence-electron chi connectivity index (χ0n) is 16.0. The molecule has 24 heavy (non-hydrogen) atoms. The van der Waals surface area contributed by atoms with Crippen molar-refractivity contribution in [3.05, 3.63) is 90.2 Å². The summed E-state index contributed by atoms with van der Waals surface area (Å²) in [4.78, 5) is 0. The minimum atomic E-state index is 0. The number of rotatable bonds is 0. The Labute approximate surface area is 170 Å². The average molecular weight is 418 g/mol. The van der Waals surface area contributed by atoms with Crippen molar-refractivity contribution in [2.24, 2.45) is 11.8 Å². The summed E-state index contributed by atoms with van der Waals surface area (Å²) in [6.07, 6.45) is 26.1. The molecule has 4 aliphatic carbocycles. The second-order valence-corrected chi connectivity index (χ2v) is 5.62. The first-order valence-electron chi connectivity index (χ1n) is 7.58. The van der Waals surface area contributed by atoms with Gasteiger partial charge in [0.25, 0.3) is 0 Å². The predicted octanol–water partition coefficient (Wildman–Crippen LogP) is 6.39. The fraction of sp³-hybridized carbons (Fsp3) is 0.364. The van der Waals surface area contributed by atoms with Gasteiger partial charge in [0.15, 0.2) is 0 Å². The summed E-state index contributed by atoms with van der Waals surface area (Å²) < 4.78 is 0. The topological polar surface area (TPSA) is 0 Å². The summed E-state index contributed by atoms with van der Waals surface area (Å²) in [5, 5.41) is 0. The van der Waals surface area contributed by atoms with Crippen molar-refractivity contribution in [1.82, 2.24) is 0 Å². The van der Waals surface area contributed by atoms with Gasteiger partial charge in [0, 0.05) is 0 Å². The molecule has 0 nitrogen and oxygen atoms in total. The van der Waals surface area contributed by atoms with E-state index in [1.807, 2.05) is 0 Å². The maximum atomic E-state index is 3.06. The van der Waals surface area contributed by atoms with Gasteiger partial charge in [-0.3, -0.25) is 0 Å². The zero-order valence-corrected chi connectivity index (χ0v) is 19.5. The van der Waals surface area contributed by atoms with Gasteiger partial charge >= 0.3 is 30.2 Å². The summed E-state index contributed by atoms with van der Waals surface area (Å²) >= 11 is 1.36. The molecular weight excluding hydrogens is 384 g/mol. The Bertz CT molecular complexity index is 391. The summed E-state index contributed by atoms with van der Waals surface area (Å²) in [5.74, 6) is 1.77. The summed E-state index contributed by atoms with van der Waals surface area (Å²) in [7, 11) is 0. The Morgan fingerprint density at radius 1 is 0.750 bits per heavy atom. The Morgan fingerprint density at radius 2 is 1.12 bits per heavy atom. The van der Waals surface area contributed by atoms with E-state index in [1.165, 1.54) is 61.9 Å². The van der Waals surface area contributed by atoms with Crippen LogP contribution in [0.3, 0.4) is 0 Å². The molecule has 0 spiro atoms. The third-order valence-corrected chi connectivity index (χ3v) is 4.42. The summed E-state index contributed by atoms with van der Waals surface area (Å²) in [6.45, 7) is 3.06. The number of allylic oxidation sites excluding steroid dienone is 8. The van der Waals surface area contributed by atoms with Gasteiger partial charge in [-0.2, -0.15) is 0 Å². The van der Waals surface area contributed by atoms with Crippen LogP contribution in [0, 0.1) is 54.4 Å².